The third-order valence-corrected chi connectivity index (χ3v) is 4.36. The zero-order valence-corrected chi connectivity index (χ0v) is 13.9. The van der Waals surface area contributed by atoms with Crippen molar-refractivity contribution in [3.8, 4) is 11.4 Å². The monoisotopic (exact) mass is 383 g/mol. The maximum absolute atomic E-state index is 12.5. The minimum Gasteiger partial charge on any atom is -0.298 e. The normalized spacial score (nSPS) is 11.4. The maximum atomic E-state index is 12.5. The summed E-state index contributed by atoms with van der Waals surface area (Å²) >= 11 is 7.16. The van der Waals surface area contributed by atoms with Crippen LogP contribution in [0, 0.1) is 0 Å². The summed E-state index contributed by atoms with van der Waals surface area (Å²) in [7, 11) is 0. The standard InChI is InChI=1S/C16H9ClF3N3OS/c17-13-12(11-3-1-2-8-21-11)22-15(25-13)23-14(24)9-4-6-10(7-5-9)16(18,19)20/h1-8H,(H,22,23,24). The number of carbonyl (C=O) groups is 1. The minimum atomic E-state index is -4.45. The van der Waals surface area contributed by atoms with Gasteiger partial charge in [0, 0.05) is 11.8 Å². The van der Waals surface area contributed by atoms with E-state index in [0.29, 0.717) is 15.7 Å². The molecule has 3 aromatic rings. The number of alkyl halides is 3. The van der Waals surface area contributed by atoms with Crippen LogP contribution in [-0.4, -0.2) is 15.9 Å². The van der Waals surface area contributed by atoms with Gasteiger partial charge in [-0.25, -0.2) is 4.98 Å². The smallest absolute Gasteiger partial charge is 0.298 e. The lowest BCUT2D eigenvalue weighted by Crippen LogP contribution is -2.12. The van der Waals surface area contributed by atoms with Crippen molar-refractivity contribution in [1.29, 1.82) is 0 Å². The summed E-state index contributed by atoms with van der Waals surface area (Å²) in [5, 5.41) is 2.75. The molecule has 0 aliphatic rings. The van der Waals surface area contributed by atoms with E-state index in [4.69, 9.17) is 11.6 Å². The average Bonchev–Trinajstić information content (AvgIpc) is 2.95. The number of anilines is 1. The fourth-order valence-corrected chi connectivity index (χ4v) is 3.05. The molecule has 0 radical (unpaired) electrons. The maximum Gasteiger partial charge on any atom is 0.416 e. The Kier molecular flexibility index (Phi) is 4.73. The predicted molar refractivity (Wildman–Crippen MR) is 89.8 cm³/mol. The molecule has 0 saturated carbocycles. The van der Waals surface area contributed by atoms with Crippen molar-refractivity contribution in [2.45, 2.75) is 6.18 Å². The molecular formula is C16H9ClF3N3OS. The van der Waals surface area contributed by atoms with Gasteiger partial charge in [-0.1, -0.05) is 29.0 Å². The highest BCUT2D eigenvalue weighted by atomic mass is 35.5. The molecular weight excluding hydrogens is 375 g/mol. The lowest BCUT2D eigenvalue weighted by Gasteiger charge is -2.07. The van der Waals surface area contributed by atoms with Crippen molar-refractivity contribution < 1.29 is 18.0 Å². The van der Waals surface area contributed by atoms with Gasteiger partial charge in [0.25, 0.3) is 5.91 Å². The first-order chi connectivity index (χ1) is 11.8. The first kappa shape index (κ1) is 17.4. The minimum absolute atomic E-state index is 0.0821. The molecule has 25 heavy (non-hydrogen) atoms. The van der Waals surface area contributed by atoms with E-state index in [9.17, 15) is 18.0 Å². The molecule has 0 aliphatic heterocycles. The van der Waals surface area contributed by atoms with E-state index >= 15 is 0 Å². The first-order valence-electron chi connectivity index (χ1n) is 6.91. The van der Waals surface area contributed by atoms with Crippen LogP contribution in [0.15, 0.2) is 48.7 Å². The van der Waals surface area contributed by atoms with Crippen molar-refractivity contribution in [3.05, 3.63) is 64.1 Å². The zero-order valence-electron chi connectivity index (χ0n) is 12.3. The third kappa shape index (κ3) is 3.97. The molecule has 3 rings (SSSR count). The van der Waals surface area contributed by atoms with Gasteiger partial charge in [0.1, 0.15) is 10.0 Å². The van der Waals surface area contributed by atoms with Gasteiger partial charge in [-0.3, -0.25) is 15.1 Å². The second-order valence-corrected chi connectivity index (χ2v) is 6.49. The Morgan fingerprint density at radius 1 is 1.12 bits per heavy atom. The molecule has 0 unspecified atom stereocenters. The largest absolute Gasteiger partial charge is 0.416 e. The van der Waals surface area contributed by atoms with Gasteiger partial charge in [-0.2, -0.15) is 13.2 Å². The van der Waals surface area contributed by atoms with E-state index < -0.39 is 17.6 Å². The molecule has 128 valence electrons. The summed E-state index contributed by atoms with van der Waals surface area (Å²) in [5.74, 6) is -0.577. The molecule has 1 N–H and O–H groups in total. The topological polar surface area (TPSA) is 54.9 Å². The van der Waals surface area contributed by atoms with Gasteiger partial charge >= 0.3 is 6.18 Å². The molecule has 0 fully saturated rings. The number of pyridine rings is 1. The number of amides is 1. The molecule has 0 saturated heterocycles. The quantitative estimate of drug-likeness (QED) is 0.682. The summed E-state index contributed by atoms with van der Waals surface area (Å²) in [6.07, 6.45) is -2.86. The van der Waals surface area contributed by atoms with Crippen LogP contribution >= 0.6 is 22.9 Å². The number of thiazole rings is 1. The van der Waals surface area contributed by atoms with Crippen LogP contribution in [0.25, 0.3) is 11.4 Å². The number of benzene rings is 1. The molecule has 0 bridgehead atoms. The van der Waals surface area contributed by atoms with Crippen LogP contribution < -0.4 is 5.32 Å². The Morgan fingerprint density at radius 2 is 1.84 bits per heavy atom. The number of hydrogen-bond acceptors (Lipinski definition) is 4. The van der Waals surface area contributed by atoms with Crippen molar-refractivity contribution in [2.24, 2.45) is 0 Å². The highest BCUT2D eigenvalue weighted by Gasteiger charge is 2.30. The van der Waals surface area contributed by atoms with Gasteiger partial charge in [-0.05, 0) is 36.4 Å². The van der Waals surface area contributed by atoms with Gasteiger partial charge < -0.3 is 0 Å². The molecule has 1 aromatic carbocycles. The lowest BCUT2D eigenvalue weighted by molar-refractivity contribution is -0.137. The number of aromatic nitrogens is 2. The number of nitrogens with one attached hydrogen (secondary N) is 1. The number of carbonyl (C=O) groups excluding carboxylic acids is 1. The summed E-state index contributed by atoms with van der Waals surface area (Å²) < 4.78 is 38.0. The molecule has 2 heterocycles. The second-order valence-electron chi connectivity index (χ2n) is 4.89. The highest BCUT2D eigenvalue weighted by Crippen LogP contribution is 2.34. The summed E-state index contributed by atoms with van der Waals surface area (Å²) in [5.41, 5.74) is 0.242. The van der Waals surface area contributed by atoms with Crippen molar-refractivity contribution in [1.82, 2.24) is 9.97 Å². The lowest BCUT2D eigenvalue weighted by atomic mass is 10.1. The highest BCUT2D eigenvalue weighted by molar-refractivity contribution is 7.20. The fourth-order valence-electron chi connectivity index (χ4n) is 2.00. The molecule has 1 amide bonds. The second kappa shape index (κ2) is 6.81. The molecule has 2 aromatic heterocycles. The molecule has 0 spiro atoms. The zero-order chi connectivity index (χ0) is 18.0. The first-order valence-corrected chi connectivity index (χ1v) is 8.10. The number of hydrogen-bond donors (Lipinski definition) is 1. The van der Waals surface area contributed by atoms with Crippen LogP contribution in [0.3, 0.4) is 0 Å². The summed E-state index contributed by atoms with van der Waals surface area (Å²) in [4.78, 5) is 20.5. The fraction of sp³-hybridized carbons (Fsp3) is 0.0625. The molecule has 0 atom stereocenters. The van der Waals surface area contributed by atoms with Gasteiger partial charge in [0.2, 0.25) is 0 Å². The Morgan fingerprint density at radius 3 is 2.44 bits per heavy atom. The van der Waals surface area contributed by atoms with E-state index in [0.717, 1.165) is 35.6 Å². The summed E-state index contributed by atoms with van der Waals surface area (Å²) in [6.45, 7) is 0. The van der Waals surface area contributed by atoms with E-state index in [1.807, 2.05) is 0 Å². The number of halogens is 4. The van der Waals surface area contributed by atoms with E-state index in [2.05, 4.69) is 15.3 Å². The van der Waals surface area contributed by atoms with Crippen LogP contribution in [0.2, 0.25) is 4.34 Å². The van der Waals surface area contributed by atoms with E-state index in [1.165, 1.54) is 0 Å². The van der Waals surface area contributed by atoms with Gasteiger partial charge in [-0.15, -0.1) is 0 Å². The van der Waals surface area contributed by atoms with E-state index in [-0.39, 0.29) is 10.7 Å². The van der Waals surface area contributed by atoms with E-state index in [1.54, 1.807) is 24.4 Å². The number of rotatable bonds is 3. The van der Waals surface area contributed by atoms with Crippen LogP contribution in [0.1, 0.15) is 15.9 Å². The van der Waals surface area contributed by atoms with Crippen molar-refractivity contribution >= 4 is 34.0 Å². The van der Waals surface area contributed by atoms with Gasteiger partial charge in [0.05, 0.1) is 11.3 Å². The molecule has 0 aliphatic carbocycles. The Hall–Kier alpha value is -2.45. The van der Waals surface area contributed by atoms with Crippen molar-refractivity contribution in [3.63, 3.8) is 0 Å². The molecule has 4 nitrogen and oxygen atoms in total. The van der Waals surface area contributed by atoms with Gasteiger partial charge in [0.15, 0.2) is 5.13 Å². The Balaban J connectivity index is 1.78. The number of nitrogens with zero attached hydrogens (tertiary/aromatic N) is 2. The molecule has 9 heteroatoms. The third-order valence-electron chi connectivity index (χ3n) is 3.19. The SMILES string of the molecule is O=C(Nc1nc(-c2ccccn2)c(Cl)s1)c1ccc(C(F)(F)F)cc1. The summed E-state index contributed by atoms with van der Waals surface area (Å²) in [6, 6.07) is 9.16. The Bertz CT molecular complexity index is 895. The Labute approximate surface area is 149 Å². The van der Waals surface area contributed by atoms with Crippen LogP contribution in [0.4, 0.5) is 18.3 Å². The predicted octanol–water partition coefficient (Wildman–Crippen LogP) is 5.13. The van der Waals surface area contributed by atoms with Crippen molar-refractivity contribution in [2.75, 3.05) is 5.32 Å². The van der Waals surface area contributed by atoms with Crippen LogP contribution in [0.5, 0.6) is 0 Å². The van der Waals surface area contributed by atoms with Crippen LogP contribution in [-0.2, 0) is 6.18 Å². The average molecular weight is 384 g/mol.